The average Bonchev–Trinajstić information content (AvgIpc) is 2.75. The van der Waals surface area contributed by atoms with Gasteiger partial charge in [0.2, 0.25) is 0 Å². The van der Waals surface area contributed by atoms with Gasteiger partial charge in [0.1, 0.15) is 5.82 Å². The first-order valence-electron chi connectivity index (χ1n) is 10.1. The Morgan fingerprint density at radius 2 is 1.84 bits per heavy atom. The SMILES string of the molecule is Cc1c(Cl)cccc1S(=O)(=O)Nc1ccc2nc(N3CCN(C)CC3)cc(C(=O)O)c2c1. The molecule has 0 unspecified atom stereocenters. The maximum Gasteiger partial charge on any atom is 0.336 e. The van der Waals surface area contributed by atoms with E-state index in [9.17, 15) is 18.3 Å². The van der Waals surface area contributed by atoms with Crippen LogP contribution in [0.2, 0.25) is 5.02 Å². The van der Waals surface area contributed by atoms with Crippen LogP contribution in [0.1, 0.15) is 15.9 Å². The van der Waals surface area contributed by atoms with Gasteiger partial charge >= 0.3 is 5.97 Å². The van der Waals surface area contributed by atoms with Crippen LogP contribution in [0.4, 0.5) is 11.5 Å². The lowest BCUT2D eigenvalue weighted by atomic mass is 10.1. The zero-order chi connectivity index (χ0) is 23.0. The summed E-state index contributed by atoms with van der Waals surface area (Å²) in [7, 11) is -1.87. The number of fused-ring (bicyclic) bond motifs is 1. The molecule has 168 valence electrons. The van der Waals surface area contributed by atoms with E-state index < -0.39 is 16.0 Å². The molecule has 2 N–H and O–H groups in total. The molecule has 8 nitrogen and oxygen atoms in total. The number of pyridine rings is 1. The van der Waals surface area contributed by atoms with Gasteiger partial charge in [-0.15, -0.1) is 0 Å². The normalized spacial score (nSPS) is 15.2. The molecule has 0 saturated carbocycles. The molecule has 1 aliphatic rings. The quantitative estimate of drug-likeness (QED) is 0.583. The van der Waals surface area contributed by atoms with E-state index in [2.05, 4.69) is 19.5 Å². The number of nitrogens with zero attached hydrogens (tertiary/aromatic N) is 3. The molecule has 32 heavy (non-hydrogen) atoms. The minimum Gasteiger partial charge on any atom is -0.478 e. The number of rotatable bonds is 5. The fourth-order valence-corrected chi connectivity index (χ4v) is 5.29. The molecule has 4 rings (SSSR count). The van der Waals surface area contributed by atoms with E-state index in [4.69, 9.17) is 11.6 Å². The van der Waals surface area contributed by atoms with E-state index >= 15 is 0 Å². The second-order valence-corrected chi connectivity index (χ2v) is 9.88. The summed E-state index contributed by atoms with van der Waals surface area (Å²) < 4.78 is 28.3. The fraction of sp³-hybridized carbons (Fsp3) is 0.273. The van der Waals surface area contributed by atoms with Crippen molar-refractivity contribution in [3.8, 4) is 0 Å². The van der Waals surface area contributed by atoms with E-state index in [0.717, 1.165) is 26.2 Å². The van der Waals surface area contributed by atoms with E-state index in [0.29, 0.717) is 27.3 Å². The second kappa shape index (κ2) is 8.57. The number of anilines is 2. The predicted molar refractivity (Wildman–Crippen MR) is 125 cm³/mol. The number of piperazine rings is 1. The van der Waals surface area contributed by atoms with Crippen LogP contribution in [0, 0.1) is 6.92 Å². The Morgan fingerprint density at radius 3 is 2.53 bits per heavy atom. The molecule has 2 heterocycles. The number of nitrogens with one attached hydrogen (secondary N) is 1. The number of benzene rings is 2. The Bertz CT molecular complexity index is 1300. The van der Waals surface area contributed by atoms with Crippen LogP contribution in [0.25, 0.3) is 10.9 Å². The topological polar surface area (TPSA) is 103 Å². The van der Waals surface area contributed by atoms with Crippen LogP contribution in [0.15, 0.2) is 47.4 Å². The Balaban J connectivity index is 1.72. The maximum absolute atomic E-state index is 12.9. The van der Waals surface area contributed by atoms with Crippen molar-refractivity contribution in [2.24, 2.45) is 0 Å². The van der Waals surface area contributed by atoms with Crippen LogP contribution in [-0.2, 0) is 10.0 Å². The van der Waals surface area contributed by atoms with Gasteiger partial charge in [-0.25, -0.2) is 18.2 Å². The largest absolute Gasteiger partial charge is 0.478 e. The number of likely N-dealkylation sites (N-methyl/N-ethyl adjacent to an activating group) is 1. The van der Waals surface area contributed by atoms with Gasteiger partial charge in [0.15, 0.2) is 0 Å². The van der Waals surface area contributed by atoms with Gasteiger partial charge in [0, 0.05) is 42.3 Å². The first kappa shape index (κ1) is 22.3. The van der Waals surface area contributed by atoms with Gasteiger partial charge < -0.3 is 14.9 Å². The minimum absolute atomic E-state index is 0.0621. The van der Waals surface area contributed by atoms with Crippen molar-refractivity contribution in [2.75, 3.05) is 42.8 Å². The van der Waals surface area contributed by atoms with Crippen molar-refractivity contribution < 1.29 is 18.3 Å². The second-order valence-electron chi connectivity index (χ2n) is 7.82. The lowest BCUT2D eigenvalue weighted by Crippen LogP contribution is -2.44. The van der Waals surface area contributed by atoms with Gasteiger partial charge in [0.05, 0.1) is 16.0 Å². The first-order chi connectivity index (χ1) is 15.2. The third kappa shape index (κ3) is 4.36. The summed E-state index contributed by atoms with van der Waals surface area (Å²) in [6.07, 6.45) is 0. The van der Waals surface area contributed by atoms with E-state index in [1.54, 1.807) is 37.3 Å². The summed E-state index contributed by atoms with van der Waals surface area (Å²) in [4.78, 5) is 21.0. The van der Waals surface area contributed by atoms with Crippen molar-refractivity contribution in [1.29, 1.82) is 0 Å². The third-order valence-corrected chi connectivity index (χ3v) is 7.55. The lowest BCUT2D eigenvalue weighted by molar-refractivity contribution is 0.0699. The summed E-state index contributed by atoms with van der Waals surface area (Å²) in [5.74, 6) is -0.496. The van der Waals surface area contributed by atoms with Crippen LogP contribution in [-0.4, -0.2) is 62.6 Å². The van der Waals surface area contributed by atoms with Gasteiger partial charge in [-0.2, -0.15) is 0 Å². The molecular formula is C22H23ClN4O4S. The van der Waals surface area contributed by atoms with Crippen LogP contribution in [0.5, 0.6) is 0 Å². The van der Waals surface area contributed by atoms with Crippen LogP contribution in [0.3, 0.4) is 0 Å². The molecule has 2 aromatic carbocycles. The molecule has 0 spiro atoms. The van der Waals surface area contributed by atoms with Crippen molar-refractivity contribution >= 4 is 50.0 Å². The number of carboxylic acids is 1. The number of carboxylic acid groups (broad SMARTS) is 1. The minimum atomic E-state index is -3.91. The highest BCUT2D eigenvalue weighted by Gasteiger charge is 2.21. The summed E-state index contributed by atoms with van der Waals surface area (Å²) >= 11 is 6.07. The van der Waals surface area contributed by atoms with Gasteiger partial charge in [-0.1, -0.05) is 17.7 Å². The Kier molecular flexibility index (Phi) is 5.98. The number of aromatic carboxylic acids is 1. The molecule has 0 aliphatic carbocycles. The molecule has 1 aromatic heterocycles. The van der Waals surface area contributed by atoms with Gasteiger partial charge in [-0.05, 0) is 55.9 Å². The maximum atomic E-state index is 12.9. The van der Waals surface area contributed by atoms with Crippen LogP contribution >= 0.6 is 11.6 Å². The zero-order valence-corrected chi connectivity index (χ0v) is 19.2. The molecule has 0 atom stereocenters. The van der Waals surface area contributed by atoms with Crippen molar-refractivity contribution in [1.82, 2.24) is 9.88 Å². The average molecular weight is 475 g/mol. The van der Waals surface area contributed by atoms with E-state index in [1.807, 2.05) is 7.05 Å². The molecular weight excluding hydrogens is 452 g/mol. The number of sulfonamides is 1. The van der Waals surface area contributed by atoms with E-state index in [-0.39, 0.29) is 16.1 Å². The van der Waals surface area contributed by atoms with Gasteiger partial charge in [-0.3, -0.25) is 4.72 Å². The lowest BCUT2D eigenvalue weighted by Gasteiger charge is -2.33. The molecule has 0 amide bonds. The summed E-state index contributed by atoms with van der Waals surface area (Å²) in [5, 5.41) is 10.5. The predicted octanol–water partition coefficient (Wildman–Crippen LogP) is 3.45. The number of aromatic nitrogens is 1. The highest BCUT2D eigenvalue weighted by Crippen LogP contribution is 2.29. The van der Waals surface area contributed by atoms with Crippen molar-refractivity contribution in [2.45, 2.75) is 11.8 Å². The monoisotopic (exact) mass is 474 g/mol. The molecule has 1 aliphatic heterocycles. The number of carbonyl (C=O) groups is 1. The molecule has 1 fully saturated rings. The molecule has 1 saturated heterocycles. The Morgan fingerprint density at radius 1 is 1.12 bits per heavy atom. The highest BCUT2D eigenvalue weighted by molar-refractivity contribution is 7.92. The molecule has 0 radical (unpaired) electrons. The molecule has 10 heteroatoms. The standard InChI is InChI=1S/C22H23ClN4O4S/c1-14-18(23)4-3-5-20(14)32(30,31)25-15-6-7-19-16(12-15)17(22(28)29)13-21(24-19)27-10-8-26(2)9-11-27/h3-7,12-13,25H,8-11H2,1-2H3,(H,28,29). The number of hydrogen-bond donors (Lipinski definition) is 2. The summed E-state index contributed by atoms with van der Waals surface area (Å²) in [6, 6.07) is 10.9. The van der Waals surface area contributed by atoms with Crippen molar-refractivity contribution in [3.05, 3.63) is 58.6 Å². The van der Waals surface area contributed by atoms with E-state index in [1.165, 1.54) is 12.1 Å². The Labute approximate surface area is 191 Å². The van der Waals surface area contributed by atoms with Crippen molar-refractivity contribution in [3.63, 3.8) is 0 Å². The smallest absolute Gasteiger partial charge is 0.336 e. The van der Waals surface area contributed by atoms with Gasteiger partial charge in [0.25, 0.3) is 10.0 Å². The Hall–Kier alpha value is -2.88. The highest BCUT2D eigenvalue weighted by atomic mass is 35.5. The first-order valence-corrected chi connectivity index (χ1v) is 11.9. The summed E-state index contributed by atoms with van der Waals surface area (Å²) in [5.41, 5.74) is 1.24. The summed E-state index contributed by atoms with van der Waals surface area (Å²) in [6.45, 7) is 4.87. The molecule has 0 bridgehead atoms. The fourth-order valence-electron chi connectivity index (χ4n) is 3.74. The third-order valence-electron chi connectivity index (χ3n) is 5.61. The van der Waals surface area contributed by atoms with Crippen LogP contribution < -0.4 is 9.62 Å². The zero-order valence-electron chi connectivity index (χ0n) is 17.7. The number of hydrogen-bond acceptors (Lipinski definition) is 6. The molecule has 3 aromatic rings. The number of halogens is 1.